The van der Waals surface area contributed by atoms with Crippen molar-refractivity contribution in [1.82, 2.24) is 14.9 Å². The standard InChI is InChI=1S/C25H18ClF3N4OS/c26-16-9-10-21(34)20(14-16)33-23(22(31-24(33)35)18-7-1-2-11-30-18)19-8-4-12-32(19)17-6-3-5-15(13-17)25(27,28)29/h1-14,22-23,34H,(H,31,35)/t22-,23-/m0/s1. The molecule has 0 aliphatic carbocycles. The van der Waals surface area contributed by atoms with Crippen LogP contribution in [0.4, 0.5) is 18.9 Å². The second kappa shape index (κ2) is 8.90. The molecule has 2 aromatic carbocycles. The number of aromatic nitrogens is 2. The van der Waals surface area contributed by atoms with Gasteiger partial charge in [-0.3, -0.25) is 4.98 Å². The molecule has 0 radical (unpaired) electrons. The Kier molecular flexibility index (Phi) is 5.90. The number of alkyl halides is 3. The molecular formula is C25H18ClF3N4OS. The van der Waals surface area contributed by atoms with Crippen LogP contribution in [0.25, 0.3) is 5.69 Å². The predicted molar refractivity (Wildman–Crippen MR) is 132 cm³/mol. The zero-order chi connectivity index (χ0) is 24.7. The average molecular weight is 515 g/mol. The van der Waals surface area contributed by atoms with E-state index in [1.54, 1.807) is 52.2 Å². The summed E-state index contributed by atoms with van der Waals surface area (Å²) in [5, 5.41) is 14.6. The Balaban J connectivity index is 1.69. The zero-order valence-corrected chi connectivity index (χ0v) is 19.5. The molecule has 0 bridgehead atoms. The molecule has 2 N–H and O–H groups in total. The monoisotopic (exact) mass is 514 g/mol. The first kappa shape index (κ1) is 23.2. The van der Waals surface area contributed by atoms with Crippen molar-refractivity contribution in [3.8, 4) is 11.4 Å². The van der Waals surface area contributed by atoms with Gasteiger partial charge in [-0.15, -0.1) is 0 Å². The highest BCUT2D eigenvalue weighted by Gasteiger charge is 2.43. The van der Waals surface area contributed by atoms with Crippen molar-refractivity contribution in [3.05, 3.63) is 107 Å². The maximum atomic E-state index is 13.4. The lowest BCUT2D eigenvalue weighted by Gasteiger charge is -2.29. The van der Waals surface area contributed by atoms with Gasteiger partial charge in [-0.25, -0.2) is 0 Å². The van der Waals surface area contributed by atoms with E-state index in [0.29, 0.717) is 32.9 Å². The highest BCUT2D eigenvalue weighted by Crippen LogP contribution is 2.45. The molecule has 0 saturated carbocycles. The summed E-state index contributed by atoms with van der Waals surface area (Å²) >= 11 is 11.9. The molecule has 1 aliphatic rings. The largest absolute Gasteiger partial charge is 0.506 e. The van der Waals surface area contributed by atoms with E-state index in [1.807, 2.05) is 18.2 Å². The fraction of sp³-hybridized carbons (Fsp3) is 0.120. The third kappa shape index (κ3) is 4.33. The zero-order valence-electron chi connectivity index (χ0n) is 17.9. The quantitative estimate of drug-likeness (QED) is 0.307. The lowest BCUT2D eigenvalue weighted by molar-refractivity contribution is -0.137. The number of rotatable bonds is 4. The van der Waals surface area contributed by atoms with Gasteiger partial charge in [0.2, 0.25) is 0 Å². The van der Waals surface area contributed by atoms with Gasteiger partial charge in [0.05, 0.1) is 23.0 Å². The molecule has 3 heterocycles. The third-order valence-corrected chi connectivity index (χ3v) is 6.38. The van der Waals surface area contributed by atoms with Crippen LogP contribution in [0.1, 0.15) is 29.0 Å². The first-order valence-electron chi connectivity index (χ1n) is 10.6. The predicted octanol–water partition coefficient (Wildman–Crippen LogP) is 6.43. The average Bonchev–Trinajstić information content (AvgIpc) is 3.45. The number of benzene rings is 2. The van der Waals surface area contributed by atoms with E-state index in [1.165, 1.54) is 12.1 Å². The lowest BCUT2D eigenvalue weighted by Crippen LogP contribution is -2.30. The summed E-state index contributed by atoms with van der Waals surface area (Å²) in [7, 11) is 0. The van der Waals surface area contributed by atoms with Crippen molar-refractivity contribution < 1.29 is 18.3 Å². The van der Waals surface area contributed by atoms with Crippen LogP contribution >= 0.6 is 23.8 Å². The summed E-state index contributed by atoms with van der Waals surface area (Å²) in [4.78, 5) is 6.19. The number of hydrogen-bond donors (Lipinski definition) is 2. The third-order valence-electron chi connectivity index (χ3n) is 5.83. The maximum Gasteiger partial charge on any atom is 0.416 e. The SMILES string of the molecule is Oc1ccc(Cl)cc1N1C(=S)N[C@@H](c2ccccn2)[C@@H]1c1cccn1-c1cccc(C(F)(F)F)c1. The summed E-state index contributed by atoms with van der Waals surface area (Å²) < 4.78 is 41.9. The van der Waals surface area contributed by atoms with Crippen molar-refractivity contribution >= 4 is 34.6 Å². The summed E-state index contributed by atoms with van der Waals surface area (Å²) in [6.45, 7) is 0. The fourth-order valence-corrected chi connectivity index (χ4v) is 4.81. The first-order chi connectivity index (χ1) is 16.7. The van der Waals surface area contributed by atoms with E-state index >= 15 is 0 Å². The van der Waals surface area contributed by atoms with E-state index in [9.17, 15) is 18.3 Å². The van der Waals surface area contributed by atoms with Crippen molar-refractivity contribution in [2.24, 2.45) is 0 Å². The van der Waals surface area contributed by atoms with Crippen LogP contribution in [0.5, 0.6) is 5.75 Å². The molecule has 2 aromatic heterocycles. The topological polar surface area (TPSA) is 53.3 Å². The first-order valence-corrected chi connectivity index (χ1v) is 11.4. The number of anilines is 1. The summed E-state index contributed by atoms with van der Waals surface area (Å²) in [5.41, 5.74) is 1.29. The molecule has 0 spiro atoms. The normalized spacial score (nSPS) is 18.1. The minimum Gasteiger partial charge on any atom is -0.506 e. The van der Waals surface area contributed by atoms with Crippen LogP contribution in [0, 0.1) is 0 Å². The molecular weight excluding hydrogens is 497 g/mol. The number of phenolic OH excluding ortho intramolecular Hbond substituents is 1. The van der Waals surface area contributed by atoms with E-state index < -0.39 is 23.8 Å². The highest BCUT2D eigenvalue weighted by atomic mass is 35.5. The van der Waals surface area contributed by atoms with E-state index in [-0.39, 0.29) is 5.75 Å². The van der Waals surface area contributed by atoms with E-state index in [0.717, 1.165) is 12.1 Å². The fourth-order valence-electron chi connectivity index (χ4n) is 4.31. The molecule has 1 fully saturated rings. The van der Waals surface area contributed by atoms with Crippen LogP contribution in [-0.4, -0.2) is 19.8 Å². The number of nitrogens with zero attached hydrogens (tertiary/aromatic N) is 3. The molecule has 2 atom stereocenters. The molecule has 1 aliphatic heterocycles. The Morgan fingerprint density at radius 1 is 1.00 bits per heavy atom. The summed E-state index contributed by atoms with van der Waals surface area (Å²) in [6, 6.07) is 17.7. The van der Waals surface area contributed by atoms with Crippen molar-refractivity contribution in [2.75, 3.05) is 4.90 Å². The van der Waals surface area contributed by atoms with Crippen molar-refractivity contribution in [3.63, 3.8) is 0 Å². The number of pyridine rings is 1. The molecule has 10 heteroatoms. The molecule has 0 unspecified atom stereocenters. The van der Waals surface area contributed by atoms with E-state index in [2.05, 4.69) is 10.3 Å². The molecule has 0 amide bonds. The van der Waals surface area contributed by atoms with Gasteiger partial charge in [-0.2, -0.15) is 13.2 Å². The minimum atomic E-state index is -4.48. The molecule has 178 valence electrons. The number of thiocarbonyl (C=S) groups is 1. The number of hydrogen-bond acceptors (Lipinski definition) is 3. The van der Waals surface area contributed by atoms with Gasteiger partial charge in [-0.05, 0) is 72.9 Å². The van der Waals surface area contributed by atoms with Crippen LogP contribution in [0.3, 0.4) is 0 Å². The van der Waals surface area contributed by atoms with Crippen molar-refractivity contribution in [2.45, 2.75) is 18.3 Å². The van der Waals surface area contributed by atoms with Crippen molar-refractivity contribution in [1.29, 1.82) is 0 Å². The molecule has 5 nitrogen and oxygen atoms in total. The molecule has 5 rings (SSSR count). The Morgan fingerprint density at radius 3 is 2.57 bits per heavy atom. The number of nitrogens with one attached hydrogen (secondary N) is 1. The Morgan fingerprint density at radius 2 is 1.83 bits per heavy atom. The molecule has 1 saturated heterocycles. The smallest absolute Gasteiger partial charge is 0.416 e. The summed E-state index contributed by atoms with van der Waals surface area (Å²) in [6.07, 6.45) is -1.13. The molecule has 35 heavy (non-hydrogen) atoms. The summed E-state index contributed by atoms with van der Waals surface area (Å²) in [5.74, 6) is -0.0394. The van der Waals surface area contributed by atoms with Crippen LogP contribution in [0.2, 0.25) is 5.02 Å². The number of phenols is 1. The van der Waals surface area contributed by atoms with Crippen LogP contribution in [-0.2, 0) is 6.18 Å². The van der Waals surface area contributed by atoms with Crippen LogP contribution in [0.15, 0.2) is 85.2 Å². The second-order valence-corrected chi connectivity index (χ2v) is 8.80. The highest BCUT2D eigenvalue weighted by molar-refractivity contribution is 7.80. The Labute approximate surface area is 209 Å². The molecule has 4 aromatic rings. The Bertz CT molecular complexity index is 1390. The van der Waals surface area contributed by atoms with Gasteiger partial charge >= 0.3 is 6.18 Å². The number of halogens is 4. The second-order valence-electron chi connectivity index (χ2n) is 7.98. The van der Waals surface area contributed by atoms with Gasteiger partial charge in [0, 0.05) is 28.8 Å². The maximum absolute atomic E-state index is 13.4. The Hall–Kier alpha value is -3.56. The van der Waals surface area contributed by atoms with Crippen LogP contribution < -0.4 is 10.2 Å². The van der Waals surface area contributed by atoms with Gasteiger partial charge in [-0.1, -0.05) is 23.7 Å². The minimum absolute atomic E-state index is 0.0394. The van der Waals surface area contributed by atoms with E-state index in [4.69, 9.17) is 23.8 Å². The van der Waals surface area contributed by atoms with Gasteiger partial charge < -0.3 is 19.9 Å². The number of aromatic hydroxyl groups is 1. The lowest BCUT2D eigenvalue weighted by atomic mass is 10.0. The van der Waals surface area contributed by atoms with Gasteiger partial charge in [0.15, 0.2) is 5.11 Å². The van der Waals surface area contributed by atoms with Gasteiger partial charge in [0.25, 0.3) is 0 Å². The van der Waals surface area contributed by atoms with Gasteiger partial charge in [0.1, 0.15) is 11.8 Å².